The lowest BCUT2D eigenvalue weighted by molar-refractivity contribution is 0.0731. The van der Waals surface area contributed by atoms with E-state index in [2.05, 4.69) is 26.9 Å². The molecule has 0 saturated carbocycles. The number of thiazole rings is 1. The Morgan fingerprint density at radius 3 is 3.04 bits per heavy atom. The molecule has 0 radical (unpaired) electrons. The summed E-state index contributed by atoms with van der Waals surface area (Å²) in [5.74, 6) is 0.0325. The van der Waals surface area contributed by atoms with E-state index in [-0.39, 0.29) is 11.9 Å². The molecule has 0 spiro atoms. The Morgan fingerprint density at radius 1 is 1.39 bits per heavy atom. The Bertz CT molecular complexity index is 821. The number of hydrogen-bond acceptors (Lipinski definition) is 5. The Hall–Kier alpha value is -1.99. The van der Waals surface area contributed by atoms with Crippen molar-refractivity contribution in [2.45, 2.75) is 18.9 Å². The van der Waals surface area contributed by atoms with Gasteiger partial charge < -0.3 is 4.90 Å². The van der Waals surface area contributed by atoms with E-state index in [1.165, 1.54) is 16.9 Å². The first-order valence-corrected chi connectivity index (χ1v) is 9.32. The van der Waals surface area contributed by atoms with Crippen molar-refractivity contribution in [3.8, 4) is 10.6 Å². The predicted octanol–water partition coefficient (Wildman–Crippen LogP) is 3.58. The molecule has 0 aliphatic carbocycles. The molecule has 0 N–H and O–H groups in total. The summed E-state index contributed by atoms with van der Waals surface area (Å²) < 4.78 is 1.74. The first kappa shape index (κ1) is 14.6. The third-order valence-corrected chi connectivity index (χ3v) is 5.71. The van der Waals surface area contributed by atoms with E-state index in [1.807, 2.05) is 23.5 Å². The first-order chi connectivity index (χ1) is 11.2. The summed E-state index contributed by atoms with van der Waals surface area (Å²) in [5.41, 5.74) is 2.73. The SMILES string of the molecule is Cn1cc(-c2nc(C(=O)N3CCC[C@H]3c3ccsc3)cs2)cn1. The fourth-order valence-electron chi connectivity index (χ4n) is 3.00. The lowest BCUT2D eigenvalue weighted by Crippen LogP contribution is -2.30. The number of likely N-dealkylation sites (tertiary alicyclic amines) is 1. The monoisotopic (exact) mass is 344 g/mol. The van der Waals surface area contributed by atoms with Crippen molar-refractivity contribution in [1.82, 2.24) is 19.7 Å². The van der Waals surface area contributed by atoms with Gasteiger partial charge >= 0.3 is 0 Å². The van der Waals surface area contributed by atoms with Gasteiger partial charge in [-0.3, -0.25) is 9.48 Å². The number of amides is 1. The molecule has 7 heteroatoms. The molecule has 118 valence electrons. The third kappa shape index (κ3) is 2.70. The molecular weight excluding hydrogens is 328 g/mol. The number of aryl methyl sites for hydroxylation is 1. The lowest BCUT2D eigenvalue weighted by Gasteiger charge is -2.23. The summed E-state index contributed by atoms with van der Waals surface area (Å²) in [5, 5.41) is 11.1. The van der Waals surface area contributed by atoms with Crippen LogP contribution in [0, 0.1) is 0 Å². The second-order valence-corrected chi connectivity index (χ2v) is 7.29. The largest absolute Gasteiger partial charge is 0.330 e. The number of rotatable bonds is 3. The zero-order valence-corrected chi connectivity index (χ0v) is 14.3. The molecule has 5 nitrogen and oxygen atoms in total. The quantitative estimate of drug-likeness (QED) is 0.730. The third-order valence-electron chi connectivity index (χ3n) is 4.12. The Balaban J connectivity index is 1.58. The Kier molecular flexibility index (Phi) is 3.74. The summed E-state index contributed by atoms with van der Waals surface area (Å²) in [6.45, 7) is 0.805. The Morgan fingerprint density at radius 2 is 2.30 bits per heavy atom. The number of thiophene rings is 1. The van der Waals surface area contributed by atoms with Gasteiger partial charge in [-0.15, -0.1) is 11.3 Å². The van der Waals surface area contributed by atoms with Crippen molar-refractivity contribution in [3.05, 3.63) is 45.9 Å². The number of carbonyl (C=O) groups is 1. The van der Waals surface area contributed by atoms with E-state index in [1.54, 1.807) is 22.2 Å². The molecule has 1 aliphatic heterocycles. The van der Waals surface area contributed by atoms with Crippen LogP contribution < -0.4 is 0 Å². The summed E-state index contributed by atoms with van der Waals surface area (Å²) in [6, 6.07) is 2.31. The minimum absolute atomic E-state index is 0.0325. The highest BCUT2D eigenvalue weighted by atomic mass is 32.1. The van der Waals surface area contributed by atoms with Crippen molar-refractivity contribution in [2.75, 3.05) is 6.54 Å². The van der Waals surface area contributed by atoms with Gasteiger partial charge in [0.15, 0.2) is 0 Å². The molecule has 1 saturated heterocycles. The molecule has 1 aliphatic rings. The average molecular weight is 344 g/mol. The molecule has 0 unspecified atom stereocenters. The van der Waals surface area contributed by atoms with Crippen LogP contribution in [0.2, 0.25) is 0 Å². The highest BCUT2D eigenvalue weighted by molar-refractivity contribution is 7.13. The summed E-state index contributed by atoms with van der Waals surface area (Å²) in [4.78, 5) is 19.3. The zero-order valence-electron chi connectivity index (χ0n) is 12.7. The molecule has 0 bridgehead atoms. The minimum atomic E-state index is 0.0325. The number of hydrogen-bond donors (Lipinski definition) is 0. The van der Waals surface area contributed by atoms with Crippen LogP contribution in [0.1, 0.15) is 34.9 Å². The van der Waals surface area contributed by atoms with E-state index in [0.717, 1.165) is 30.0 Å². The van der Waals surface area contributed by atoms with Crippen LogP contribution in [0.5, 0.6) is 0 Å². The summed E-state index contributed by atoms with van der Waals surface area (Å²) in [6.07, 6.45) is 5.77. The van der Waals surface area contributed by atoms with Crippen LogP contribution in [-0.4, -0.2) is 32.1 Å². The fourth-order valence-corrected chi connectivity index (χ4v) is 4.48. The molecule has 1 fully saturated rings. The van der Waals surface area contributed by atoms with Crippen LogP contribution in [0.4, 0.5) is 0 Å². The van der Waals surface area contributed by atoms with Crippen molar-refractivity contribution in [2.24, 2.45) is 7.05 Å². The van der Waals surface area contributed by atoms with Gasteiger partial charge in [0.05, 0.1) is 12.2 Å². The molecular formula is C16H16N4OS2. The maximum absolute atomic E-state index is 12.9. The van der Waals surface area contributed by atoms with E-state index in [9.17, 15) is 4.79 Å². The molecule has 1 amide bonds. The first-order valence-electron chi connectivity index (χ1n) is 7.50. The average Bonchev–Trinajstić information content (AvgIpc) is 3.31. The molecule has 3 aromatic heterocycles. The van der Waals surface area contributed by atoms with Gasteiger partial charge in [-0.2, -0.15) is 16.4 Å². The Labute approximate surface area is 142 Å². The van der Waals surface area contributed by atoms with Gasteiger partial charge in [-0.05, 0) is 35.2 Å². The van der Waals surface area contributed by atoms with Crippen LogP contribution in [0.15, 0.2) is 34.6 Å². The van der Waals surface area contributed by atoms with Crippen LogP contribution >= 0.6 is 22.7 Å². The molecule has 4 heterocycles. The van der Waals surface area contributed by atoms with Crippen molar-refractivity contribution >= 4 is 28.6 Å². The van der Waals surface area contributed by atoms with Gasteiger partial charge in [0.2, 0.25) is 0 Å². The van der Waals surface area contributed by atoms with Crippen LogP contribution in [-0.2, 0) is 7.05 Å². The van der Waals surface area contributed by atoms with E-state index in [4.69, 9.17) is 0 Å². The number of carbonyl (C=O) groups excluding carboxylic acids is 1. The summed E-state index contributed by atoms with van der Waals surface area (Å²) in [7, 11) is 1.87. The van der Waals surface area contributed by atoms with E-state index in [0.29, 0.717) is 5.69 Å². The van der Waals surface area contributed by atoms with Crippen molar-refractivity contribution < 1.29 is 4.79 Å². The maximum atomic E-state index is 12.9. The number of aromatic nitrogens is 3. The van der Waals surface area contributed by atoms with Gasteiger partial charge in [0.1, 0.15) is 10.7 Å². The highest BCUT2D eigenvalue weighted by Crippen LogP contribution is 2.34. The number of nitrogens with zero attached hydrogens (tertiary/aromatic N) is 4. The predicted molar refractivity (Wildman–Crippen MR) is 91.6 cm³/mol. The molecule has 3 aromatic rings. The van der Waals surface area contributed by atoms with Crippen molar-refractivity contribution in [1.29, 1.82) is 0 Å². The smallest absolute Gasteiger partial charge is 0.273 e. The second-order valence-electron chi connectivity index (χ2n) is 5.65. The zero-order chi connectivity index (χ0) is 15.8. The van der Waals surface area contributed by atoms with Crippen LogP contribution in [0.25, 0.3) is 10.6 Å². The molecule has 0 aromatic carbocycles. The second kappa shape index (κ2) is 5.90. The molecule has 1 atom stereocenters. The lowest BCUT2D eigenvalue weighted by atomic mass is 10.1. The standard InChI is InChI=1S/C16H16N4OS2/c1-19-8-12(7-17-19)15-18-13(10-23-15)16(21)20-5-2-3-14(20)11-4-6-22-9-11/h4,6-10,14H,2-3,5H2,1H3/t14-/m0/s1. The summed E-state index contributed by atoms with van der Waals surface area (Å²) >= 11 is 3.17. The van der Waals surface area contributed by atoms with Gasteiger partial charge in [-0.25, -0.2) is 4.98 Å². The normalized spacial score (nSPS) is 17.8. The van der Waals surface area contributed by atoms with Gasteiger partial charge in [-0.1, -0.05) is 0 Å². The van der Waals surface area contributed by atoms with Crippen molar-refractivity contribution in [3.63, 3.8) is 0 Å². The fraction of sp³-hybridized carbons (Fsp3) is 0.312. The van der Waals surface area contributed by atoms with E-state index >= 15 is 0 Å². The molecule has 4 rings (SSSR count). The van der Waals surface area contributed by atoms with Gasteiger partial charge in [0.25, 0.3) is 5.91 Å². The minimum Gasteiger partial charge on any atom is -0.330 e. The topological polar surface area (TPSA) is 51.0 Å². The van der Waals surface area contributed by atoms with Crippen LogP contribution in [0.3, 0.4) is 0 Å². The van der Waals surface area contributed by atoms with E-state index < -0.39 is 0 Å². The highest BCUT2D eigenvalue weighted by Gasteiger charge is 2.31. The maximum Gasteiger partial charge on any atom is 0.273 e. The molecule has 23 heavy (non-hydrogen) atoms. The van der Waals surface area contributed by atoms with Gasteiger partial charge in [0, 0.05) is 30.7 Å².